The first-order chi connectivity index (χ1) is 21.4. The predicted molar refractivity (Wildman–Crippen MR) is 168 cm³/mol. The van der Waals surface area contributed by atoms with Crippen LogP contribution >= 0.6 is 22.9 Å². The maximum atomic E-state index is 14.1. The second kappa shape index (κ2) is 11.0. The topological polar surface area (TPSA) is 103 Å². The maximum absolute atomic E-state index is 14.1. The summed E-state index contributed by atoms with van der Waals surface area (Å²) < 4.78 is 19.4. The Kier molecular flexibility index (Phi) is 6.99. The van der Waals surface area contributed by atoms with Crippen LogP contribution in [0.1, 0.15) is 45.3 Å². The summed E-state index contributed by atoms with van der Waals surface area (Å²) in [6, 6.07) is 21.8. The van der Waals surface area contributed by atoms with Crippen LogP contribution in [0.15, 0.2) is 92.6 Å². The van der Waals surface area contributed by atoms with Crippen LogP contribution in [0.4, 0.5) is 0 Å². The molecule has 2 aliphatic rings. The summed E-state index contributed by atoms with van der Waals surface area (Å²) in [4.78, 5) is 31.3. The highest BCUT2D eigenvalue weighted by Crippen LogP contribution is 2.42. The van der Waals surface area contributed by atoms with Gasteiger partial charge < -0.3 is 19.0 Å². The Balaban J connectivity index is 1.38. The van der Waals surface area contributed by atoms with Gasteiger partial charge in [0.2, 0.25) is 0 Å². The zero-order chi connectivity index (χ0) is 30.5. The Bertz CT molecular complexity index is 2190. The molecular weight excluding hydrogens is 600 g/mol. The van der Waals surface area contributed by atoms with Crippen molar-refractivity contribution in [1.29, 1.82) is 0 Å². The van der Waals surface area contributed by atoms with Gasteiger partial charge in [-0.3, -0.25) is 9.36 Å². The average molecular weight is 625 g/mol. The largest absolute Gasteiger partial charge is 0.493 e. The Morgan fingerprint density at radius 1 is 1.05 bits per heavy atom. The number of nitrogens with zero attached hydrogens (tertiary/aromatic N) is 2. The van der Waals surface area contributed by atoms with Gasteiger partial charge in [0.25, 0.3) is 5.56 Å². The Morgan fingerprint density at radius 3 is 2.66 bits per heavy atom. The lowest BCUT2D eigenvalue weighted by molar-refractivity contribution is 0.0697. The fraction of sp³-hybridized carbons (Fsp3) is 0.147. The second-order valence-corrected chi connectivity index (χ2v) is 11.8. The van der Waals surface area contributed by atoms with Crippen molar-refractivity contribution in [2.45, 2.75) is 18.9 Å². The zero-order valence-electron chi connectivity index (χ0n) is 23.7. The van der Waals surface area contributed by atoms with Gasteiger partial charge in [0.05, 0.1) is 41.1 Å². The van der Waals surface area contributed by atoms with E-state index in [1.807, 2.05) is 30.3 Å². The monoisotopic (exact) mass is 624 g/mol. The van der Waals surface area contributed by atoms with E-state index in [0.717, 1.165) is 35.2 Å². The molecule has 1 atom stereocenters. The van der Waals surface area contributed by atoms with Crippen molar-refractivity contribution in [3.05, 3.63) is 131 Å². The van der Waals surface area contributed by atoms with E-state index in [2.05, 4.69) is 12.1 Å². The Labute approximate surface area is 260 Å². The van der Waals surface area contributed by atoms with Crippen LogP contribution in [0.2, 0.25) is 5.02 Å². The predicted octanol–water partition coefficient (Wildman–Crippen LogP) is 5.95. The number of rotatable bonds is 6. The molecule has 3 heterocycles. The smallest absolute Gasteiger partial charge is 0.337 e. The minimum Gasteiger partial charge on any atom is -0.493 e. The summed E-state index contributed by atoms with van der Waals surface area (Å²) >= 11 is 7.34. The molecule has 44 heavy (non-hydrogen) atoms. The molecule has 0 saturated heterocycles. The van der Waals surface area contributed by atoms with Crippen LogP contribution in [0.5, 0.6) is 11.5 Å². The fourth-order valence-electron chi connectivity index (χ4n) is 5.90. The van der Waals surface area contributed by atoms with Gasteiger partial charge >= 0.3 is 5.97 Å². The van der Waals surface area contributed by atoms with Gasteiger partial charge in [-0.05, 0) is 72.0 Å². The van der Waals surface area contributed by atoms with Crippen molar-refractivity contribution in [3.63, 3.8) is 0 Å². The fourth-order valence-corrected chi connectivity index (χ4v) is 7.08. The molecule has 0 fully saturated rings. The van der Waals surface area contributed by atoms with Gasteiger partial charge in [-0.15, -0.1) is 0 Å². The van der Waals surface area contributed by atoms with E-state index in [-0.39, 0.29) is 22.2 Å². The molecule has 7 rings (SSSR count). The highest BCUT2D eigenvalue weighted by atomic mass is 35.5. The minimum atomic E-state index is -1.13. The molecule has 5 aromatic rings. The van der Waals surface area contributed by atoms with Crippen molar-refractivity contribution in [1.82, 2.24) is 4.57 Å². The molecule has 220 valence electrons. The Hall–Kier alpha value is -4.86. The van der Waals surface area contributed by atoms with E-state index >= 15 is 0 Å². The number of methoxy groups -OCH3 is 2. The molecular formula is C34H25ClN2O6S. The van der Waals surface area contributed by atoms with E-state index in [4.69, 9.17) is 30.5 Å². The van der Waals surface area contributed by atoms with Crippen molar-refractivity contribution < 1.29 is 23.8 Å². The number of ether oxygens (including phenoxy) is 2. The first-order valence-electron chi connectivity index (χ1n) is 13.8. The van der Waals surface area contributed by atoms with E-state index in [1.165, 1.54) is 29.0 Å². The lowest BCUT2D eigenvalue weighted by atomic mass is 9.83. The number of hydrogen-bond donors (Lipinski definition) is 1. The van der Waals surface area contributed by atoms with Crippen molar-refractivity contribution >= 4 is 40.7 Å². The van der Waals surface area contributed by atoms with E-state index in [0.29, 0.717) is 37.9 Å². The van der Waals surface area contributed by atoms with Crippen LogP contribution in [0.25, 0.3) is 23.1 Å². The summed E-state index contributed by atoms with van der Waals surface area (Å²) in [5.41, 5.74) is 5.55. The van der Waals surface area contributed by atoms with Gasteiger partial charge in [-0.1, -0.05) is 53.3 Å². The van der Waals surface area contributed by atoms with Gasteiger partial charge in [-0.2, -0.15) is 0 Å². The first kappa shape index (κ1) is 27.9. The number of thiazole rings is 1. The number of carboxylic acids is 1. The number of halogens is 1. The standard InChI is InChI=1S/C34H25ClN2O6S/c1-41-27-13-9-20(16-28(27)42-2)31-23-11-7-18-5-3-4-6-22(18)30(23)36-34-37(31)32(38)29(44-34)17-21-10-14-26(43-21)19-8-12-25(35)24(15-19)33(39)40/h3-6,8-10,12-17,31H,7,11H2,1-2H3,(H,39,40)/b29-17-/t31-/m1/s1. The van der Waals surface area contributed by atoms with Crippen LogP contribution < -0.4 is 24.4 Å². The summed E-state index contributed by atoms with van der Waals surface area (Å²) in [7, 11) is 3.19. The summed E-state index contributed by atoms with van der Waals surface area (Å²) in [5.74, 6) is 0.974. The molecule has 8 nitrogen and oxygen atoms in total. The molecule has 0 bridgehead atoms. The number of aromatic nitrogens is 1. The molecule has 0 spiro atoms. The number of hydrogen-bond acceptors (Lipinski definition) is 7. The number of aromatic carboxylic acids is 1. The van der Waals surface area contributed by atoms with Crippen LogP contribution in [-0.4, -0.2) is 29.9 Å². The van der Waals surface area contributed by atoms with E-state index in [9.17, 15) is 14.7 Å². The van der Waals surface area contributed by atoms with Crippen molar-refractivity contribution in [3.8, 4) is 22.8 Å². The Morgan fingerprint density at radius 2 is 1.86 bits per heavy atom. The molecule has 10 heteroatoms. The highest BCUT2D eigenvalue weighted by molar-refractivity contribution is 7.07. The number of carboxylic acid groups (broad SMARTS) is 1. The molecule has 0 amide bonds. The molecule has 3 aromatic carbocycles. The van der Waals surface area contributed by atoms with E-state index in [1.54, 1.807) is 43.1 Å². The molecule has 0 saturated carbocycles. The van der Waals surface area contributed by atoms with Crippen LogP contribution in [-0.2, 0) is 6.42 Å². The summed E-state index contributed by atoms with van der Waals surface area (Å²) in [6.07, 6.45) is 3.31. The normalized spacial score (nSPS) is 15.7. The summed E-state index contributed by atoms with van der Waals surface area (Å²) in [6.45, 7) is 0. The first-order valence-corrected chi connectivity index (χ1v) is 15.0. The number of carbonyl (C=O) groups is 1. The zero-order valence-corrected chi connectivity index (χ0v) is 25.2. The number of benzene rings is 3. The van der Waals surface area contributed by atoms with E-state index < -0.39 is 5.97 Å². The van der Waals surface area contributed by atoms with Gasteiger partial charge in [0, 0.05) is 17.2 Å². The maximum Gasteiger partial charge on any atom is 0.337 e. The third kappa shape index (κ3) is 4.65. The molecule has 1 aliphatic heterocycles. The molecule has 0 unspecified atom stereocenters. The number of allylic oxidation sites excluding steroid dienone is 1. The third-order valence-corrected chi connectivity index (χ3v) is 9.29. The lowest BCUT2D eigenvalue weighted by Crippen LogP contribution is -2.38. The van der Waals surface area contributed by atoms with Gasteiger partial charge in [0.1, 0.15) is 11.5 Å². The third-order valence-electron chi connectivity index (χ3n) is 7.98. The van der Waals surface area contributed by atoms with Crippen LogP contribution in [0, 0.1) is 0 Å². The molecule has 2 aromatic heterocycles. The second-order valence-electron chi connectivity index (χ2n) is 10.4. The van der Waals surface area contributed by atoms with Crippen molar-refractivity contribution in [2.24, 2.45) is 4.99 Å². The molecule has 1 N–H and O–H groups in total. The molecule has 1 aliphatic carbocycles. The number of aryl methyl sites for hydroxylation is 1. The molecule has 0 radical (unpaired) electrons. The van der Waals surface area contributed by atoms with Crippen molar-refractivity contribution in [2.75, 3.05) is 14.2 Å². The lowest BCUT2D eigenvalue weighted by Gasteiger charge is -2.31. The highest BCUT2D eigenvalue weighted by Gasteiger charge is 2.33. The number of furan rings is 1. The summed E-state index contributed by atoms with van der Waals surface area (Å²) in [5, 5.41) is 9.60. The SMILES string of the molecule is COc1ccc([C@@H]2C3=C(N=c4s/c(=C\c5ccc(-c6ccc(Cl)c(C(=O)O)c6)o5)c(=O)n42)c2ccccc2CC3)cc1OC. The average Bonchev–Trinajstić information content (AvgIpc) is 3.63. The van der Waals surface area contributed by atoms with Crippen LogP contribution in [0.3, 0.4) is 0 Å². The minimum absolute atomic E-state index is 0.0175. The van der Waals surface area contributed by atoms with Gasteiger partial charge in [-0.25, -0.2) is 9.79 Å². The van der Waals surface area contributed by atoms with Gasteiger partial charge in [0.15, 0.2) is 16.3 Å². The quantitative estimate of drug-likeness (QED) is 0.251. The number of fused-ring (bicyclic) bond motifs is 3.